The third-order valence-corrected chi connectivity index (χ3v) is 5.45. The van der Waals surface area contributed by atoms with E-state index in [1.165, 1.54) is 21.8 Å². The summed E-state index contributed by atoms with van der Waals surface area (Å²) < 4.78 is 0. The zero-order valence-electron chi connectivity index (χ0n) is 10.5. The molecular formula is C14H16N2OS2. The minimum atomic E-state index is -0.552. The molecule has 0 aliphatic heterocycles. The van der Waals surface area contributed by atoms with Crippen molar-refractivity contribution in [3.8, 4) is 0 Å². The Labute approximate surface area is 120 Å². The summed E-state index contributed by atoms with van der Waals surface area (Å²) in [6.45, 7) is 0. The number of carbonyl (C=O) groups is 1. The molecule has 2 unspecified atom stereocenters. The molecule has 3 N–H and O–H groups in total. The first-order valence-electron chi connectivity index (χ1n) is 6.41. The summed E-state index contributed by atoms with van der Waals surface area (Å²) in [5, 5.41) is 7.15. The van der Waals surface area contributed by atoms with E-state index in [0.717, 1.165) is 24.1 Å². The molecule has 19 heavy (non-hydrogen) atoms. The highest BCUT2D eigenvalue weighted by atomic mass is 32.1. The fraction of sp³-hybridized carbons (Fsp3) is 0.357. The van der Waals surface area contributed by atoms with Crippen LogP contribution in [0.25, 0.3) is 0 Å². The second-order valence-electron chi connectivity index (χ2n) is 4.75. The van der Waals surface area contributed by atoms with Crippen LogP contribution >= 0.6 is 22.7 Å². The van der Waals surface area contributed by atoms with Crippen LogP contribution in [0.1, 0.15) is 40.2 Å². The summed E-state index contributed by atoms with van der Waals surface area (Å²) in [4.78, 5) is 14.5. The van der Waals surface area contributed by atoms with Gasteiger partial charge in [0.25, 0.3) is 0 Å². The van der Waals surface area contributed by atoms with Gasteiger partial charge in [-0.3, -0.25) is 4.79 Å². The van der Waals surface area contributed by atoms with E-state index in [-0.39, 0.29) is 11.9 Å². The van der Waals surface area contributed by atoms with E-state index in [4.69, 9.17) is 5.73 Å². The van der Waals surface area contributed by atoms with Gasteiger partial charge in [-0.15, -0.1) is 22.7 Å². The lowest BCUT2D eigenvalue weighted by molar-refractivity contribution is -0.123. The Balaban J connectivity index is 1.71. The lowest BCUT2D eigenvalue weighted by Gasteiger charge is -2.25. The summed E-state index contributed by atoms with van der Waals surface area (Å²) >= 11 is 3.31. The lowest BCUT2D eigenvalue weighted by atomic mass is 9.94. The zero-order chi connectivity index (χ0) is 13.2. The van der Waals surface area contributed by atoms with E-state index < -0.39 is 6.04 Å². The molecule has 2 aromatic heterocycles. The predicted octanol–water partition coefficient (Wildman–Crippen LogP) is 3.00. The van der Waals surface area contributed by atoms with Crippen LogP contribution < -0.4 is 11.1 Å². The molecule has 3 nitrogen and oxygen atoms in total. The standard InChI is InChI=1S/C14H16N2OS2/c15-13(12-5-2-7-18-12)14(17)16-10-3-1-4-11-9(10)6-8-19-11/h2,5-8,10,13H,1,3-4,15H2,(H,16,17). The molecule has 1 amide bonds. The molecule has 2 atom stereocenters. The fourth-order valence-electron chi connectivity index (χ4n) is 2.50. The minimum absolute atomic E-state index is 0.0773. The first-order valence-corrected chi connectivity index (χ1v) is 8.17. The molecule has 0 aromatic carbocycles. The molecule has 0 saturated carbocycles. The smallest absolute Gasteiger partial charge is 0.242 e. The molecule has 3 rings (SSSR count). The number of thiophene rings is 2. The number of hydrogen-bond donors (Lipinski definition) is 2. The molecule has 1 aliphatic carbocycles. The quantitative estimate of drug-likeness (QED) is 0.913. The largest absolute Gasteiger partial charge is 0.348 e. The van der Waals surface area contributed by atoms with Gasteiger partial charge in [0, 0.05) is 9.75 Å². The highest BCUT2D eigenvalue weighted by Crippen LogP contribution is 2.33. The molecule has 1 aliphatic rings. The van der Waals surface area contributed by atoms with E-state index in [1.807, 2.05) is 17.5 Å². The van der Waals surface area contributed by atoms with Crippen molar-refractivity contribution in [3.63, 3.8) is 0 Å². The van der Waals surface area contributed by atoms with Crippen LogP contribution in [0, 0.1) is 0 Å². The van der Waals surface area contributed by atoms with Crippen molar-refractivity contribution >= 4 is 28.6 Å². The van der Waals surface area contributed by atoms with Crippen LogP contribution in [0.15, 0.2) is 29.0 Å². The number of aryl methyl sites for hydroxylation is 1. The highest BCUT2D eigenvalue weighted by molar-refractivity contribution is 7.10. The Morgan fingerprint density at radius 1 is 1.37 bits per heavy atom. The van der Waals surface area contributed by atoms with Gasteiger partial charge < -0.3 is 11.1 Å². The third-order valence-electron chi connectivity index (χ3n) is 3.50. The maximum Gasteiger partial charge on any atom is 0.242 e. The SMILES string of the molecule is NC(C(=O)NC1CCCc2sccc21)c1cccs1. The van der Waals surface area contributed by atoms with E-state index in [2.05, 4.69) is 16.8 Å². The van der Waals surface area contributed by atoms with Gasteiger partial charge in [-0.05, 0) is 47.7 Å². The summed E-state index contributed by atoms with van der Waals surface area (Å²) in [5.74, 6) is -0.0773. The molecule has 0 radical (unpaired) electrons. The Hall–Kier alpha value is -1.17. The van der Waals surface area contributed by atoms with Crippen LogP contribution in [0.3, 0.4) is 0 Å². The van der Waals surface area contributed by atoms with Gasteiger partial charge in [0.05, 0.1) is 6.04 Å². The maximum atomic E-state index is 12.2. The Kier molecular flexibility index (Phi) is 3.68. The second kappa shape index (κ2) is 5.45. The summed E-state index contributed by atoms with van der Waals surface area (Å²) in [6.07, 6.45) is 3.27. The second-order valence-corrected chi connectivity index (χ2v) is 6.73. The van der Waals surface area contributed by atoms with Gasteiger partial charge >= 0.3 is 0 Å². The molecule has 0 bridgehead atoms. The van der Waals surface area contributed by atoms with Crippen LogP contribution in [-0.4, -0.2) is 5.91 Å². The third kappa shape index (κ3) is 2.59. The van der Waals surface area contributed by atoms with Crippen molar-refractivity contribution in [2.24, 2.45) is 5.73 Å². The van der Waals surface area contributed by atoms with Crippen molar-refractivity contribution in [1.29, 1.82) is 0 Å². The first-order chi connectivity index (χ1) is 9.25. The monoisotopic (exact) mass is 292 g/mol. The summed E-state index contributed by atoms with van der Waals surface area (Å²) in [5.41, 5.74) is 7.28. The molecule has 5 heteroatoms. The molecule has 0 saturated heterocycles. The van der Waals surface area contributed by atoms with E-state index in [0.29, 0.717) is 0 Å². The van der Waals surface area contributed by atoms with Crippen molar-refractivity contribution in [2.75, 3.05) is 0 Å². The molecular weight excluding hydrogens is 276 g/mol. The number of nitrogens with two attached hydrogens (primary N) is 1. The number of carbonyl (C=O) groups excluding carboxylic acids is 1. The van der Waals surface area contributed by atoms with Gasteiger partial charge in [-0.1, -0.05) is 6.07 Å². The number of hydrogen-bond acceptors (Lipinski definition) is 4. The van der Waals surface area contributed by atoms with Crippen molar-refractivity contribution in [3.05, 3.63) is 44.3 Å². The number of rotatable bonds is 3. The Morgan fingerprint density at radius 3 is 3.05 bits per heavy atom. The van der Waals surface area contributed by atoms with Gasteiger partial charge in [0.15, 0.2) is 0 Å². The van der Waals surface area contributed by atoms with Crippen molar-refractivity contribution < 1.29 is 4.79 Å². The van der Waals surface area contributed by atoms with Gasteiger partial charge in [-0.25, -0.2) is 0 Å². The predicted molar refractivity (Wildman–Crippen MR) is 79.4 cm³/mol. The first kappa shape index (κ1) is 12.8. The normalized spacial score (nSPS) is 19.7. The average molecular weight is 292 g/mol. The van der Waals surface area contributed by atoms with E-state index in [1.54, 1.807) is 11.3 Å². The highest BCUT2D eigenvalue weighted by Gasteiger charge is 2.25. The van der Waals surface area contributed by atoms with Gasteiger partial charge in [-0.2, -0.15) is 0 Å². The summed E-state index contributed by atoms with van der Waals surface area (Å²) in [7, 11) is 0. The van der Waals surface area contributed by atoms with Crippen LogP contribution in [0.4, 0.5) is 0 Å². The zero-order valence-corrected chi connectivity index (χ0v) is 12.1. The van der Waals surface area contributed by atoms with Crippen LogP contribution in [0.2, 0.25) is 0 Å². The van der Waals surface area contributed by atoms with Crippen LogP contribution in [-0.2, 0) is 11.2 Å². The number of nitrogens with one attached hydrogen (secondary N) is 1. The molecule has 100 valence electrons. The maximum absolute atomic E-state index is 12.2. The molecule has 0 fully saturated rings. The Morgan fingerprint density at radius 2 is 2.26 bits per heavy atom. The lowest BCUT2D eigenvalue weighted by Crippen LogP contribution is -2.37. The van der Waals surface area contributed by atoms with Gasteiger partial charge in [0.1, 0.15) is 6.04 Å². The van der Waals surface area contributed by atoms with Crippen molar-refractivity contribution in [2.45, 2.75) is 31.3 Å². The Bertz CT molecular complexity index is 562. The minimum Gasteiger partial charge on any atom is -0.348 e. The van der Waals surface area contributed by atoms with Gasteiger partial charge in [0.2, 0.25) is 5.91 Å². The topological polar surface area (TPSA) is 55.1 Å². The average Bonchev–Trinajstić information content (AvgIpc) is 3.09. The van der Waals surface area contributed by atoms with Crippen LogP contribution in [0.5, 0.6) is 0 Å². The fourth-order valence-corrected chi connectivity index (χ4v) is 4.21. The van der Waals surface area contributed by atoms with E-state index in [9.17, 15) is 4.79 Å². The number of amides is 1. The van der Waals surface area contributed by atoms with Crippen molar-refractivity contribution in [1.82, 2.24) is 5.32 Å². The molecule has 2 heterocycles. The molecule has 0 spiro atoms. The summed E-state index contributed by atoms with van der Waals surface area (Å²) in [6, 6.07) is 5.54. The van der Waals surface area contributed by atoms with E-state index >= 15 is 0 Å². The number of fused-ring (bicyclic) bond motifs is 1. The molecule has 2 aromatic rings.